The maximum absolute atomic E-state index is 12.6. The summed E-state index contributed by atoms with van der Waals surface area (Å²) >= 11 is 3.06. The van der Waals surface area contributed by atoms with E-state index in [0.29, 0.717) is 22.4 Å². The molecule has 0 unspecified atom stereocenters. The van der Waals surface area contributed by atoms with Gasteiger partial charge in [0.2, 0.25) is 5.91 Å². The van der Waals surface area contributed by atoms with Gasteiger partial charge in [0.1, 0.15) is 0 Å². The molecule has 0 fully saturated rings. The fourth-order valence-electron chi connectivity index (χ4n) is 2.43. The Balaban J connectivity index is 2.19. The van der Waals surface area contributed by atoms with Crippen LogP contribution >= 0.6 is 15.9 Å². The molecule has 3 rings (SSSR count). The van der Waals surface area contributed by atoms with Crippen molar-refractivity contribution in [2.75, 3.05) is 10.6 Å². The van der Waals surface area contributed by atoms with Crippen LogP contribution in [0.4, 0.5) is 5.69 Å². The van der Waals surface area contributed by atoms with Gasteiger partial charge >= 0.3 is 0 Å². The highest BCUT2D eigenvalue weighted by atomic mass is 79.9. The van der Waals surface area contributed by atoms with E-state index in [9.17, 15) is 14.4 Å². The molecule has 0 aromatic heterocycles. The minimum Gasteiger partial charge on any atom is -0.325 e. The second-order valence-corrected chi connectivity index (χ2v) is 5.17. The largest absolute Gasteiger partial charge is 0.325 e. The molecule has 21 heavy (non-hydrogen) atoms. The van der Waals surface area contributed by atoms with Gasteiger partial charge in [0.25, 0.3) is 0 Å². The Morgan fingerprint density at radius 3 is 2.19 bits per heavy atom. The van der Waals surface area contributed by atoms with Crippen molar-refractivity contribution < 1.29 is 14.4 Å². The number of rotatable bonds is 2. The number of alkyl halides is 1. The van der Waals surface area contributed by atoms with Gasteiger partial charge in [0.05, 0.1) is 16.6 Å². The quantitative estimate of drug-likeness (QED) is 0.727. The highest BCUT2D eigenvalue weighted by molar-refractivity contribution is 9.09. The molecule has 0 spiro atoms. The molecule has 0 radical (unpaired) electrons. The molecule has 0 saturated carbocycles. The van der Waals surface area contributed by atoms with Gasteiger partial charge in [-0.1, -0.05) is 52.3 Å². The van der Waals surface area contributed by atoms with Gasteiger partial charge in [-0.15, -0.1) is 0 Å². The highest BCUT2D eigenvalue weighted by Crippen LogP contribution is 2.31. The number of hydrogen-bond acceptors (Lipinski definition) is 3. The lowest BCUT2D eigenvalue weighted by Crippen LogP contribution is -2.24. The van der Waals surface area contributed by atoms with Crippen molar-refractivity contribution in [3.63, 3.8) is 0 Å². The lowest BCUT2D eigenvalue weighted by Gasteiger charge is -2.20. The topological polar surface area (TPSA) is 63.2 Å². The molecule has 1 amide bonds. The monoisotopic (exact) mass is 343 g/mol. The molecule has 0 heterocycles. The molecule has 0 bridgehead atoms. The van der Waals surface area contributed by atoms with Crippen LogP contribution < -0.4 is 5.32 Å². The predicted octanol–water partition coefficient (Wildman–Crippen LogP) is 2.80. The zero-order chi connectivity index (χ0) is 15.0. The molecule has 1 aliphatic rings. The molecule has 1 aliphatic carbocycles. The van der Waals surface area contributed by atoms with E-state index in [4.69, 9.17) is 0 Å². The summed E-state index contributed by atoms with van der Waals surface area (Å²) in [6.45, 7) is 0. The Morgan fingerprint density at radius 1 is 0.905 bits per heavy atom. The van der Waals surface area contributed by atoms with Gasteiger partial charge in [-0.05, 0) is 6.07 Å². The molecule has 0 atom stereocenters. The number of anilines is 1. The third-order valence-corrected chi connectivity index (χ3v) is 3.86. The number of benzene rings is 2. The number of amides is 1. The van der Waals surface area contributed by atoms with Crippen molar-refractivity contribution in [1.29, 1.82) is 0 Å². The highest BCUT2D eigenvalue weighted by Gasteiger charge is 2.31. The van der Waals surface area contributed by atoms with E-state index in [2.05, 4.69) is 21.2 Å². The number of hydrogen-bond donors (Lipinski definition) is 1. The minimum absolute atomic E-state index is 0.120. The van der Waals surface area contributed by atoms with Crippen LogP contribution in [-0.4, -0.2) is 22.8 Å². The number of carbonyl (C=O) groups is 3. The van der Waals surface area contributed by atoms with Gasteiger partial charge in [0.15, 0.2) is 11.6 Å². The van der Waals surface area contributed by atoms with E-state index in [-0.39, 0.29) is 28.4 Å². The summed E-state index contributed by atoms with van der Waals surface area (Å²) in [5.74, 6) is -0.719. The fourth-order valence-corrected chi connectivity index (χ4v) is 2.57. The van der Waals surface area contributed by atoms with E-state index >= 15 is 0 Å². The zero-order valence-electron chi connectivity index (χ0n) is 10.9. The summed E-state index contributed by atoms with van der Waals surface area (Å²) in [4.78, 5) is 36.7. The summed E-state index contributed by atoms with van der Waals surface area (Å²) in [5.41, 5.74) is 1.72. The van der Waals surface area contributed by atoms with Crippen LogP contribution in [0.5, 0.6) is 0 Å². The van der Waals surface area contributed by atoms with Crippen molar-refractivity contribution in [2.45, 2.75) is 0 Å². The molecular formula is C16H10BrNO3. The van der Waals surface area contributed by atoms with Crippen molar-refractivity contribution >= 4 is 39.1 Å². The van der Waals surface area contributed by atoms with Crippen molar-refractivity contribution in [3.05, 3.63) is 64.7 Å². The number of carbonyl (C=O) groups excluding carboxylic acids is 3. The Kier molecular flexibility index (Phi) is 3.43. The Labute approximate surface area is 129 Å². The van der Waals surface area contributed by atoms with Crippen molar-refractivity contribution in [2.24, 2.45) is 0 Å². The summed E-state index contributed by atoms with van der Waals surface area (Å²) < 4.78 is 0. The normalized spacial score (nSPS) is 12.6. The molecule has 0 aliphatic heterocycles. The number of fused-ring (bicyclic) bond motifs is 2. The van der Waals surface area contributed by atoms with Gasteiger partial charge in [-0.25, -0.2) is 0 Å². The maximum atomic E-state index is 12.6. The third kappa shape index (κ3) is 2.19. The molecule has 2 aromatic carbocycles. The Hall–Kier alpha value is -2.27. The van der Waals surface area contributed by atoms with Gasteiger partial charge in [0, 0.05) is 16.7 Å². The van der Waals surface area contributed by atoms with Crippen LogP contribution in [0.2, 0.25) is 0 Å². The van der Waals surface area contributed by atoms with Crippen molar-refractivity contribution in [1.82, 2.24) is 0 Å². The first kappa shape index (κ1) is 13.7. The van der Waals surface area contributed by atoms with Crippen LogP contribution in [-0.2, 0) is 4.79 Å². The second-order valence-electron chi connectivity index (χ2n) is 4.61. The van der Waals surface area contributed by atoms with Crippen molar-refractivity contribution in [3.8, 4) is 0 Å². The number of halogens is 1. The van der Waals surface area contributed by atoms with E-state index in [1.807, 2.05) is 0 Å². The van der Waals surface area contributed by atoms with Crippen LogP contribution in [0, 0.1) is 0 Å². The zero-order valence-corrected chi connectivity index (χ0v) is 12.4. The molecular weight excluding hydrogens is 334 g/mol. The summed E-state index contributed by atoms with van der Waals surface area (Å²) in [7, 11) is 0. The summed E-state index contributed by atoms with van der Waals surface area (Å²) in [6, 6.07) is 11.6. The van der Waals surface area contributed by atoms with E-state index in [0.717, 1.165) is 0 Å². The van der Waals surface area contributed by atoms with Gasteiger partial charge in [-0.2, -0.15) is 0 Å². The standard InChI is InChI=1S/C16H10BrNO3/c17-8-13(19)18-12-7-3-6-11-14(12)16(21)10-5-2-1-4-9(10)15(11)20/h1-7H,8H2,(H,18,19). The molecule has 5 heteroatoms. The first-order chi connectivity index (χ1) is 10.1. The molecule has 1 N–H and O–H groups in total. The smallest absolute Gasteiger partial charge is 0.235 e. The molecule has 0 saturated heterocycles. The maximum Gasteiger partial charge on any atom is 0.235 e. The average molecular weight is 344 g/mol. The first-order valence-corrected chi connectivity index (χ1v) is 7.43. The van der Waals surface area contributed by atoms with E-state index < -0.39 is 0 Å². The fraction of sp³-hybridized carbons (Fsp3) is 0.0625. The molecule has 2 aromatic rings. The predicted molar refractivity (Wildman–Crippen MR) is 82.2 cm³/mol. The van der Waals surface area contributed by atoms with Crippen LogP contribution in [0.25, 0.3) is 0 Å². The summed E-state index contributed by atoms with van der Waals surface area (Å²) in [5, 5.41) is 2.76. The SMILES string of the molecule is O=C(CBr)Nc1cccc2c1C(=O)c1ccccc1C2=O. The van der Waals surface area contributed by atoms with Gasteiger partial charge < -0.3 is 5.32 Å². The average Bonchev–Trinajstić information content (AvgIpc) is 2.52. The van der Waals surface area contributed by atoms with E-state index in [1.165, 1.54) is 0 Å². The Morgan fingerprint density at radius 2 is 1.52 bits per heavy atom. The van der Waals surface area contributed by atoms with Crippen LogP contribution in [0.1, 0.15) is 31.8 Å². The second kappa shape index (κ2) is 5.26. The lowest BCUT2D eigenvalue weighted by atomic mass is 9.83. The summed E-state index contributed by atoms with van der Waals surface area (Å²) in [6.07, 6.45) is 0. The van der Waals surface area contributed by atoms with Gasteiger partial charge in [-0.3, -0.25) is 14.4 Å². The number of ketones is 2. The number of nitrogens with one attached hydrogen (secondary N) is 1. The Bertz CT molecular complexity index is 783. The van der Waals surface area contributed by atoms with E-state index in [1.54, 1.807) is 42.5 Å². The minimum atomic E-state index is -0.275. The van der Waals surface area contributed by atoms with Crippen LogP contribution in [0.15, 0.2) is 42.5 Å². The molecule has 104 valence electrons. The lowest BCUT2D eigenvalue weighted by molar-refractivity contribution is -0.113. The van der Waals surface area contributed by atoms with Crippen LogP contribution in [0.3, 0.4) is 0 Å². The third-order valence-electron chi connectivity index (χ3n) is 3.35. The first-order valence-electron chi connectivity index (χ1n) is 6.30. The molecule has 4 nitrogen and oxygen atoms in total.